The first-order valence-corrected chi connectivity index (χ1v) is 5.50. The minimum Gasteiger partial charge on any atom is -0.465 e. The van der Waals surface area contributed by atoms with E-state index in [1.165, 1.54) is 0 Å². The fourth-order valence-electron chi connectivity index (χ4n) is 1.82. The number of carbonyl (C=O) groups is 1. The largest absolute Gasteiger partial charge is 0.465 e. The second-order valence-corrected chi connectivity index (χ2v) is 4.10. The third-order valence-electron chi connectivity index (χ3n) is 2.75. The lowest BCUT2D eigenvalue weighted by Crippen LogP contribution is -2.47. The van der Waals surface area contributed by atoms with Gasteiger partial charge in [-0.25, -0.2) is 4.79 Å². The normalized spacial score (nSPS) is 21.6. The van der Waals surface area contributed by atoms with Gasteiger partial charge in [0.25, 0.3) is 0 Å². The second kappa shape index (κ2) is 5.16. The number of ether oxygens (including phenoxy) is 1. The van der Waals surface area contributed by atoms with Crippen LogP contribution >= 0.6 is 0 Å². The molecule has 1 amide bonds. The summed E-state index contributed by atoms with van der Waals surface area (Å²) in [4.78, 5) is 10.6. The van der Waals surface area contributed by atoms with Crippen molar-refractivity contribution in [2.24, 2.45) is 0 Å². The van der Waals surface area contributed by atoms with Crippen LogP contribution in [0.4, 0.5) is 4.79 Å². The fourth-order valence-corrected chi connectivity index (χ4v) is 1.82. The minimum absolute atomic E-state index is 0.204. The van der Waals surface area contributed by atoms with Gasteiger partial charge in [-0.1, -0.05) is 30.3 Å². The van der Waals surface area contributed by atoms with E-state index in [1.54, 1.807) is 0 Å². The smallest absolute Gasteiger partial charge is 0.405 e. The highest BCUT2D eigenvalue weighted by atomic mass is 16.6. The Labute approximate surface area is 99.0 Å². The fraction of sp³-hybridized carbons (Fsp3) is 0.417. The first kappa shape index (κ1) is 11.9. The highest BCUT2D eigenvalue weighted by molar-refractivity contribution is 5.65. The van der Waals surface area contributed by atoms with E-state index in [0.717, 1.165) is 5.56 Å². The summed E-state index contributed by atoms with van der Waals surface area (Å²) in [5.74, 6) is 0. The Balaban J connectivity index is 1.96. The molecule has 1 saturated heterocycles. The number of benzene rings is 1. The molecule has 1 heterocycles. The molecule has 0 bridgehead atoms. The van der Waals surface area contributed by atoms with Crippen LogP contribution in [-0.2, 0) is 11.2 Å². The monoisotopic (exact) mass is 237 g/mol. The number of epoxide rings is 1. The van der Waals surface area contributed by atoms with Crippen LogP contribution in [-0.4, -0.2) is 41.2 Å². The molecule has 1 aromatic carbocycles. The van der Waals surface area contributed by atoms with E-state index >= 15 is 0 Å². The molecule has 92 valence electrons. The maximum absolute atomic E-state index is 10.6. The summed E-state index contributed by atoms with van der Waals surface area (Å²) in [5, 5.41) is 21.0. The van der Waals surface area contributed by atoms with E-state index in [4.69, 9.17) is 9.84 Å². The van der Waals surface area contributed by atoms with Crippen molar-refractivity contribution in [2.45, 2.75) is 24.7 Å². The quantitative estimate of drug-likeness (QED) is 0.656. The number of hydrogen-bond acceptors (Lipinski definition) is 3. The maximum Gasteiger partial charge on any atom is 0.405 e. The van der Waals surface area contributed by atoms with Crippen LogP contribution in [0.5, 0.6) is 0 Å². The van der Waals surface area contributed by atoms with Gasteiger partial charge in [0.1, 0.15) is 6.10 Å². The molecule has 0 saturated carbocycles. The van der Waals surface area contributed by atoms with E-state index in [0.29, 0.717) is 13.0 Å². The second-order valence-electron chi connectivity index (χ2n) is 4.10. The first-order chi connectivity index (χ1) is 8.16. The van der Waals surface area contributed by atoms with Gasteiger partial charge in [0.05, 0.1) is 18.8 Å². The van der Waals surface area contributed by atoms with Gasteiger partial charge in [0.2, 0.25) is 0 Å². The Kier molecular flexibility index (Phi) is 3.61. The van der Waals surface area contributed by atoms with E-state index in [9.17, 15) is 9.90 Å². The summed E-state index contributed by atoms with van der Waals surface area (Å²) in [7, 11) is 0. The Morgan fingerprint density at radius 1 is 1.47 bits per heavy atom. The van der Waals surface area contributed by atoms with Crippen LogP contribution in [0.25, 0.3) is 0 Å². The Morgan fingerprint density at radius 3 is 2.65 bits per heavy atom. The zero-order chi connectivity index (χ0) is 12.3. The van der Waals surface area contributed by atoms with E-state index in [-0.39, 0.29) is 6.10 Å². The van der Waals surface area contributed by atoms with Crippen molar-refractivity contribution in [3.63, 3.8) is 0 Å². The van der Waals surface area contributed by atoms with Crippen molar-refractivity contribution in [1.29, 1.82) is 0 Å². The predicted octanol–water partition coefficient (Wildman–Crippen LogP) is 0.625. The topological polar surface area (TPSA) is 82.1 Å². The minimum atomic E-state index is -1.14. The lowest BCUT2D eigenvalue weighted by atomic mass is 10.0. The third kappa shape index (κ3) is 3.44. The van der Waals surface area contributed by atoms with Gasteiger partial charge in [0.15, 0.2) is 0 Å². The molecule has 1 unspecified atom stereocenters. The molecular weight excluding hydrogens is 222 g/mol. The van der Waals surface area contributed by atoms with Gasteiger partial charge in [-0.2, -0.15) is 0 Å². The lowest BCUT2D eigenvalue weighted by molar-refractivity contribution is 0.105. The van der Waals surface area contributed by atoms with Gasteiger partial charge < -0.3 is 20.3 Å². The Bertz CT molecular complexity index is 377. The number of nitrogens with one attached hydrogen (secondary N) is 1. The summed E-state index contributed by atoms with van der Waals surface area (Å²) in [5.41, 5.74) is 0.970. The highest BCUT2D eigenvalue weighted by Crippen LogP contribution is 2.19. The van der Waals surface area contributed by atoms with Crippen LogP contribution in [0, 0.1) is 0 Å². The molecule has 5 nitrogen and oxygen atoms in total. The summed E-state index contributed by atoms with van der Waals surface area (Å²) >= 11 is 0. The summed E-state index contributed by atoms with van der Waals surface area (Å²) in [6, 6.07) is 8.90. The third-order valence-corrected chi connectivity index (χ3v) is 2.75. The number of aliphatic hydroxyl groups is 1. The lowest BCUT2D eigenvalue weighted by Gasteiger charge is -2.21. The molecule has 0 aliphatic carbocycles. The molecule has 17 heavy (non-hydrogen) atoms. The van der Waals surface area contributed by atoms with E-state index in [1.807, 2.05) is 30.3 Å². The van der Waals surface area contributed by atoms with Crippen LogP contribution < -0.4 is 5.32 Å². The molecular formula is C12H15NO4. The summed E-state index contributed by atoms with van der Waals surface area (Å²) in [6.07, 6.45) is -1.71. The average molecular weight is 237 g/mol. The van der Waals surface area contributed by atoms with Crippen molar-refractivity contribution in [3.05, 3.63) is 35.9 Å². The number of aliphatic hydroxyl groups excluding tert-OH is 1. The van der Waals surface area contributed by atoms with Crippen molar-refractivity contribution >= 4 is 6.09 Å². The molecule has 0 radical (unpaired) electrons. The molecule has 1 fully saturated rings. The molecule has 2 rings (SSSR count). The molecule has 5 heteroatoms. The van der Waals surface area contributed by atoms with Crippen LogP contribution in [0.3, 0.4) is 0 Å². The van der Waals surface area contributed by atoms with Crippen LogP contribution in [0.2, 0.25) is 0 Å². The Hall–Kier alpha value is -1.59. The molecule has 1 aromatic rings. The summed E-state index contributed by atoms with van der Waals surface area (Å²) in [6.45, 7) is 0.497. The molecule has 1 aliphatic heterocycles. The average Bonchev–Trinajstić information content (AvgIpc) is 3.10. The van der Waals surface area contributed by atoms with Crippen LogP contribution in [0.15, 0.2) is 30.3 Å². The first-order valence-electron chi connectivity index (χ1n) is 5.50. The standard InChI is InChI=1S/C12H15NO4/c14-9(6-8-4-2-1-3-5-8)11(10-7-17-10)13-12(15)16/h1-5,9-11,13-14H,6-7H2,(H,15,16)/t9-,10-,11?/m0/s1. The SMILES string of the molecule is O=C(O)NC([C@@H]1CO1)[C@@H](O)Cc1ccccc1. The number of rotatable bonds is 5. The number of hydrogen-bond donors (Lipinski definition) is 3. The van der Waals surface area contributed by atoms with Crippen LogP contribution in [0.1, 0.15) is 5.56 Å². The van der Waals surface area contributed by atoms with Crippen molar-refractivity contribution in [3.8, 4) is 0 Å². The van der Waals surface area contributed by atoms with E-state index < -0.39 is 18.2 Å². The van der Waals surface area contributed by atoms with Crippen molar-refractivity contribution in [1.82, 2.24) is 5.32 Å². The van der Waals surface area contributed by atoms with Gasteiger partial charge in [-0.05, 0) is 5.56 Å². The predicted molar refractivity (Wildman–Crippen MR) is 60.8 cm³/mol. The molecule has 1 aliphatic rings. The highest BCUT2D eigenvalue weighted by Gasteiger charge is 2.38. The van der Waals surface area contributed by atoms with Gasteiger partial charge in [-0.15, -0.1) is 0 Å². The molecule has 3 atom stereocenters. The molecule has 0 aromatic heterocycles. The zero-order valence-electron chi connectivity index (χ0n) is 9.24. The zero-order valence-corrected chi connectivity index (χ0v) is 9.24. The van der Waals surface area contributed by atoms with Crippen molar-refractivity contribution in [2.75, 3.05) is 6.61 Å². The molecule has 3 N–H and O–H groups in total. The molecule has 0 spiro atoms. The van der Waals surface area contributed by atoms with Gasteiger partial charge in [-0.3, -0.25) is 0 Å². The Morgan fingerprint density at radius 2 is 2.12 bits per heavy atom. The summed E-state index contributed by atoms with van der Waals surface area (Å²) < 4.78 is 5.04. The number of carboxylic acid groups (broad SMARTS) is 1. The van der Waals surface area contributed by atoms with Gasteiger partial charge in [0, 0.05) is 6.42 Å². The van der Waals surface area contributed by atoms with E-state index in [2.05, 4.69) is 5.32 Å². The van der Waals surface area contributed by atoms with Gasteiger partial charge >= 0.3 is 6.09 Å². The maximum atomic E-state index is 10.6. The number of amides is 1. The van der Waals surface area contributed by atoms with Crippen molar-refractivity contribution < 1.29 is 19.7 Å².